The molecule has 0 fully saturated rings. The molecular weight excluding hydrogens is 268 g/mol. The summed E-state index contributed by atoms with van der Waals surface area (Å²) >= 11 is 3.36. The van der Waals surface area contributed by atoms with Gasteiger partial charge in [-0.25, -0.2) is 0 Å². The van der Waals surface area contributed by atoms with Crippen LogP contribution in [0, 0.1) is 0 Å². The van der Waals surface area contributed by atoms with Gasteiger partial charge in [0.05, 0.1) is 0 Å². The monoisotopic (exact) mass is 276 g/mol. The van der Waals surface area contributed by atoms with Crippen LogP contribution in [0.15, 0.2) is 58.4 Å². The number of halogens is 1. The highest BCUT2D eigenvalue weighted by atomic mass is 79.9. The van der Waals surface area contributed by atoms with E-state index in [0.717, 1.165) is 15.6 Å². The molecule has 0 aliphatic heterocycles. The van der Waals surface area contributed by atoms with Crippen molar-refractivity contribution in [1.29, 1.82) is 0 Å². The molecule has 0 radical (unpaired) electrons. The van der Waals surface area contributed by atoms with E-state index in [1.165, 1.54) is 0 Å². The van der Waals surface area contributed by atoms with Gasteiger partial charge >= 0.3 is 0 Å². The molecule has 0 saturated carbocycles. The van der Waals surface area contributed by atoms with E-state index in [2.05, 4.69) is 26.1 Å². The molecule has 16 heavy (non-hydrogen) atoms. The fourth-order valence-corrected chi connectivity index (χ4v) is 1.66. The zero-order chi connectivity index (χ0) is 11.4. The van der Waals surface area contributed by atoms with Gasteiger partial charge in [0.2, 0.25) is 0 Å². The van der Waals surface area contributed by atoms with Gasteiger partial charge in [0.1, 0.15) is 5.71 Å². The van der Waals surface area contributed by atoms with Gasteiger partial charge in [-0.05, 0) is 24.3 Å². The molecule has 0 amide bonds. The second-order valence-corrected chi connectivity index (χ2v) is 4.11. The second kappa shape index (κ2) is 4.90. The summed E-state index contributed by atoms with van der Waals surface area (Å²) in [4.78, 5) is 4.00. The summed E-state index contributed by atoms with van der Waals surface area (Å²) in [5.41, 5.74) is 2.15. The van der Waals surface area contributed by atoms with Crippen LogP contribution in [0.2, 0.25) is 0 Å². The van der Waals surface area contributed by atoms with Crippen molar-refractivity contribution in [2.75, 3.05) is 0 Å². The maximum atomic E-state index is 9.05. The van der Waals surface area contributed by atoms with Crippen LogP contribution in [0.4, 0.5) is 0 Å². The molecule has 2 aromatic rings. The van der Waals surface area contributed by atoms with Crippen LogP contribution in [0.3, 0.4) is 0 Å². The smallest absolute Gasteiger partial charge is 0.118 e. The summed E-state index contributed by atoms with van der Waals surface area (Å²) in [7, 11) is 0. The summed E-state index contributed by atoms with van der Waals surface area (Å²) in [5.74, 6) is 0. The Labute approximate surface area is 102 Å². The molecule has 1 aromatic carbocycles. The van der Waals surface area contributed by atoms with E-state index in [1.54, 1.807) is 18.5 Å². The van der Waals surface area contributed by atoms with Crippen LogP contribution >= 0.6 is 15.9 Å². The van der Waals surface area contributed by atoms with E-state index < -0.39 is 0 Å². The summed E-state index contributed by atoms with van der Waals surface area (Å²) in [5, 5.41) is 12.4. The highest BCUT2D eigenvalue weighted by molar-refractivity contribution is 9.10. The lowest BCUT2D eigenvalue weighted by Crippen LogP contribution is -2.03. The van der Waals surface area contributed by atoms with Crippen LogP contribution in [0.25, 0.3) is 0 Å². The van der Waals surface area contributed by atoms with Crippen molar-refractivity contribution >= 4 is 21.6 Å². The minimum atomic E-state index is 0.514. The number of hydrogen-bond acceptors (Lipinski definition) is 3. The molecule has 80 valence electrons. The molecule has 0 aliphatic rings. The van der Waals surface area contributed by atoms with Crippen molar-refractivity contribution in [3.8, 4) is 0 Å². The molecule has 0 saturated heterocycles. The van der Waals surface area contributed by atoms with Gasteiger partial charge in [-0.3, -0.25) is 4.98 Å². The average Bonchev–Trinajstić information content (AvgIpc) is 2.34. The van der Waals surface area contributed by atoms with Gasteiger partial charge in [-0.15, -0.1) is 0 Å². The van der Waals surface area contributed by atoms with E-state index >= 15 is 0 Å². The number of aromatic nitrogens is 1. The van der Waals surface area contributed by atoms with Crippen LogP contribution in [-0.4, -0.2) is 15.9 Å². The van der Waals surface area contributed by atoms with Crippen molar-refractivity contribution in [2.45, 2.75) is 0 Å². The van der Waals surface area contributed by atoms with Crippen molar-refractivity contribution in [1.82, 2.24) is 4.98 Å². The van der Waals surface area contributed by atoms with Crippen LogP contribution in [0.5, 0.6) is 0 Å². The van der Waals surface area contributed by atoms with Crippen molar-refractivity contribution in [2.24, 2.45) is 5.16 Å². The predicted octanol–water partition coefficient (Wildman–Crippen LogP) is 3.07. The minimum absolute atomic E-state index is 0.514. The van der Waals surface area contributed by atoms with E-state index in [1.807, 2.05) is 30.3 Å². The molecule has 1 N–H and O–H groups in total. The van der Waals surface area contributed by atoms with Gasteiger partial charge in [-0.1, -0.05) is 33.2 Å². The maximum absolute atomic E-state index is 9.05. The Morgan fingerprint density at radius 1 is 1.12 bits per heavy atom. The summed E-state index contributed by atoms with van der Waals surface area (Å²) in [6.45, 7) is 0. The molecule has 0 spiro atoms. The lowest BCUT2D eigenvalue weighted by atomic mass is 10.0. The second-order valence-electron chi connectivity index (χ2n) is 3.20. The number of oxime groups is 1. The maximum Gasteiger partial charge on any atom is 0.118 e. The Bertz CT molecular complexity index is 494. The fraction of sp³-hybridized carbons (Fsp3) is 0. The quantitative estimate of drug-likeness (QED) is 0.521. The van der Waals surface area contributed by atoms with Gasteiger partial charge in [0, 0.05) is 28.0 Å². The largest absolute Gasteiger partial charge is 0.410 e. The SMILES string of the molecule is O/N=C(/c1ccc(Br)cc1)c1cccnc1. The van der Waals surface area contributed by atoms with Gasteiger partial charge in [0.25, 0.3) is 0 Å². The van der Waals surface area contributed by atoms with Crippen LogP contribution < -0.4 is 0 Å². The summed E-state index contributed by atoms with van der Waals surface area (Å²) < 4.78 is 0.986. The first-order valence-electron chi connectivity index (χ1n) is 4.69. The van der Waals surface area contributed by atoms with E-state index in [-0.39, 0.29) is 0 Å². The molecule has 3 nitrogen and oxygen atoms in total. The Morgan fingerprint density at radius 3 is 2.44 bits per heavy atom. The summed E-state index contributed by atoms with van der Waals surface area (Å²) in [6.07, 6.45) is 3.34. The number of hydrogen-bond donors (Lipinski definition) is 1. The van der Waals surface area contributed by atoms with Crippen LogP contribution in [-0.2, 0) is 0 Å². The lowest BCUT2D eigenvalue weighted by molar-refractivity contribution is 0.319. The Kier molecular flexibility index (Phi) is 3.31. The standard InChI is InChI=1S/C12H9BrN2O/c13-11-5-3-9(4-6-11)12(15-16)10-2-1-7-14-8-10/h1-8,16H/b15-12-. The third-order valence-corrected chi connectivity index (χ3v) is 2.68. The molecule has 0 aliphatic carbocycles. The zero-order valence-electron chi connectivity index (χ0n) is 8.34. The first-order valence-corrected chi connectivity index (χ1v) is 5.49. The number of benzene rings is 1. The molecule has 1 aromatic heterocycles. The van der Waals surface area contributed by atoms with E-state index in [4.69, 9.17) is 5.21 Å². The Hall–Kier alpha value is -1.68. The topological polar surface area (TPSA) is 45.5 Å². The van der Waals surface area contributed by atoms with Crippen LogP contribution in [0.1, 0.15) is 11.1 Å². The summed E-state index contributed by atoms with van der Waals surface area (Å²) in [6, 6.07) is 11.2. The Balaban J connectivity index is 2.42. The molecule has 0 unspecified atom stereocenters. The molecule has 1 heterocycles. The third kappa shape index (κ3) is 2.28. The molecule has 0 bridgehead atoms. The predicted molar refractivity (Wildman–Crippen MR) is 65.8 cm³/mol. The van der Waals surface area contributed by atoms with Crippen molar-refractivity contribution in [3.05, 3.63) is 64.4 Å². The fourth-order valence-electron chi connectivity index (χ4n) is 1.39. The highest BCUT2D eigenvalue weighted by Gasteiger charge is 2.06. The molecular formula is C12H9BrN2O. The van der Waals surface area contributed by atoms with Crippen molar-refractivity contribution < 1.29 is 5.21 Å². The first kappa shape index (κ1) is 10.8. The van der Waals surface area contributed by atoms with Gasteiger partial charge in [0.15, 0.2) is 0 Å². The normalized spacial score (nSPS) is 11.4. The number of pyridine rings is 1. The molecule has 4 heteroatoms. The zero-order valence-corrected chi connectivity index (χ0v) is 9.92. The first-order chi connectivity index (χ1) is 7.81. The minimum Gasteiger partial charge on any atom is -0.410 e. The molecule has 0 atom stereocenters. The van der Waals surface area contributed by atoms with E-state index in [9.17, 15) is 0 Å². The van der Waals surface area contributed by atoms with Crippen molar-refractivity contribution in [3.63, 3.8) is 0 Å². The van der Waals surface area contributed by atoms with Gasteiger partial charge in [-0.2, -0.15) is 0 Å². The molecule has 2 rings (SSSR count). The highest BCUT2D eigenvalue weighted by Crippen LogP contribution is 2.14. The Morgan fingerprint density at radius 2 is 1.88 bits per heavy atom. The van der Waals surface area contributed by atoms with Gasteiger partial charge < -0.3 is 5.21 Å². The van der Waals surface area contributed by atoms with E-state index in [0.29, 0.717) is 5.71 Å². The number of nitrogens with zero attached hydrogens (tertiary/aromatic N) is 2. The average molecular weight is 277 g/mol. The number of rotatable bonds is 2. The third-order valence-electron chi connectivity index (χ3n) is 2.15. The lowest BCUT2D eigenvalue weighted by Gasteiger charge is -2.04.